The topological polar surface area (TPSA) is 117 Å². The number of ether oxygens (including phenoxy) is 1. The highest BCUT2D eigenvalue weighted by atomic mass is 32.2. The van der Waals surface area contributed by atoms with Gasteiger partial charge in [0.25, 0.3) is 5.91 Å². The first-order chi connectivity index (χ1) is 13.5. The van der Waals surface area contributed by atoms with E-state index in [2.05, 4.69) is 11.4 Å². The molecule has 1 fully saturated rings. The van der Waals surface area contributed by atoms with Gasteiger partial charge in [-0.15, -0.1) is 0 Å². The van der Waals surface area contributed by atoms with Gasteiger partial charge in [-0.2, -0.15) is 9.57 Å². The molecule has 1 aliphatic rings. The fraction of sp³-hybridized carbons (Fsp3) is 0.550. The molecule has 9 heteroatoms. The number of sulfonamides is 1. The van der Waals surface area contributed by atoms with Gasteiger partial charge < -0.3 is 10.1 Å². The Bertz CT molecular complexity index is 899. The summed E-state index contributed by atoms with van der Waals surface area (Å²) in [5.41, 5.74) is -0.944. The van der Waals surface area contributed by atoms with Crippen LogP contribution in [0, 0.1) is 17.2 Å². The molecule has 0 aliphatic carbocycles. The summed E-state index contributed by atoms with van der Waals surface area (Å²) in [5.74, 6) is -1.46. The Balaban J connectivity index is 2.03. The molecule has 0 unspecified atom stereocenters. The molecule has 0 aromatic heterocycles. The van der Waals surface area contributed by atoms with Gasteiger partial charge in [-0.3, -0.25) is 4.79 Å². The predicted octanol–water partition coefficient (Wildman–Crippen LogP) is 2.07. The van der Waals surface area contributed by atoms with E-state index in [1.807, 2.05) is 0 Å². The summed E-state index contributed by atoms with van der Waals surface area (Å²) in [4.78, 5) is 24.7. The lowest BCUT2D eigenvalue weighted by molar-refractivity contribution is -0.130. The van der Waals surface area contributed by atoms with Crippen LogP contribution in [0.3, 0.4) is 0 Å². The van der Waals surface area contributed by atoms with Crippen molar-refractivity contribution in [3.63, 3.8) is 0 Å². The van der Waals surface area contributed by atoms with E-state index in [1.165, 1.54) is 35.5 Å². The number of nitrogens with zero attached hydrogens (tertiary/aromatic N) is 2. The first-order valence-corrected chi connectivity index (χ1v) is 11.0. The Hall–Kier alpha value is -2.44. The maximum atomic E-state index is 12.5. The van der Waals surface area contributed by atoms with Gasteiger partial charge in [-0.1, -0.05) is 13.8 Å². The Kier molecular flexibility index (Phi) is 7.03. The van der Waals surface area contributed by atoms with E-state index >= 15 is 0 Å². The van der Waals surface area contributed by atoms with Crippen molar-refractivity contribution in [1.82, 2.24) is 9.62 Å². The zero-order valence-corrected chi connectivity index (χ0v) is 18.0. The summed E-state index contributed by atoms with van der Waals surface area (Å²) >= 11 is 0. The number of carbonyl (C=O) groups excluding carboxylic acids is 2. The highest BCUT2D eigenvalue weighted by Gasteiger charge is 2.33. The van der Waals surface area contributed by atoms with Crippen molar-refractivity contribution in [2.45, 2.75) is 57.1 Å². The van der Waals surface area contributed by atoms with Gasteiger partial charge in [-0.25, -0.2) is 13.2 Å². The van der Waals surface area contributed by atoms with Crippen LogP contribution in [0.25, 0.3) is 0 Å². The van der Waals surface area contributed by atoms with Crippen molar-refractivity contribution >= 4 is 21.9 Å². The quantitative estimate of drug-likeness (QED) is 0.674. The molecule has 1 aromatic rings. The van der Waals surface area contributed by atoms with Gasteiger partial charge in [0.15, 0.2) is 6.10 Å². The largest absolute Gasteiger partial charge is 0.449 e. The van der Waals surface area contributed by atoms with Gasteiger partial charge in [-0.05, 0) is 56.9 Å². The lowest BCUT2D eigenvalue weighted by Gasteiger charge is -2.28. The van der Waals surface area contributed by atoms with Gasteiger partial charge in [0.1, 0.15) is 5.54 Å². The van der Waals surface area contributed by atoms with Gasteiger partial charge >= 0.3 is 5.97 Å². The minimum absolute atomic E-state index is 0.114. The average Bonchev–Trinajstić information content (AvgIpc) is 3.23. The molecule has 1 saturated heterocycles. The van der Waals surface area contributed by atoms with E-state index in [4.69, 9.17) is 4.74 Å². The molecule has 2 rings (SSSR count). The molecular weight excluding hydrogens is 394 g/mol. The smallest absolute Gasteiger partial charge is 0.338 e. The summed E-state index contributed by atoms with van der Waals surface area (Å²) in [6, 6.07) is 7.51. The fourth-order valence-electron chi connectivity index (χ4n) is 2.78. The number of hydrogen-bond donors (Lipinski definition) is 1. The normalized spacial score (nSPS) is 17.9. The third-order valence-electron chi connectivity index (χ3n) is 5.22. The summed E-state index contributed by atoms with van der Waals surface area (Å²) in [6.45, 7) is 7.62. The second-order valence-electron chi connectivity index (χ2n) is 7.64. The molecular formula is C20H27N3O5S. The highest BCUT2D eigenvalue weighted by molar-refractivity contribution is 7.89. The summed E-state index contributed by atoms with van der Waals surface area (Å²) < 4.78 is 31.7. The zero-order valence-electron chi connectivity index (χ0n) is 17.1. The van der Waals surface area contributed by atoms with Crippen LogP contribution in [0.4, 0.5) is 0 Å². The number of carbonyl (C=O) groups is 2. The van der Waals surface area contributed by atoms with Crippen molar-refractivity contribution in [2.75, 3.05) is 13.1 Å². The van der Waals surface area contributed by atoms with Crippen molar-refractivity contribution < 1.29 is 22.7 Å². The summed E-state index contributed by atoms with van der Waals surface area (Å²) in [6.07, 6.45) is 0.568. The maximum absolute atomic E-state index is 12.5. The van der Waals surface area contributed by atoms with E-state index in [1.54, 1.807) is 20.8 Å². The molecule has 1 aromatic carbocycles. The summed E-state index contributed by atoms with van der Waals surface area (Å²) in [5, 5.41) is 11.9. The van der Waals surface area contributed by atoms with Crippen LogP contribution in [0.1, 0.15) is 50.9 Å². The zero-order chi connectivity index (χ0) is 21.8. The van der Waals surface area contributed by atoms with Crippen LogP contribution < -0.4 is 5.32 Å². The Labute approximate surface area is 171 Å². The molecule has 1 N–H and O–H groups in total. The van der Waals surface area contributed by atoms with E-state index < -0.39 is 33.5 Å². The maximum Gasteiger partial charge on any atom is 0.338 e. The van der Waals surface area contributed by atoms with Crippen LogP contribution in [0.2, 0.25) is 0 Å². The van der Waals surface area contributed by atoms with Gasteiger partial charge in [0.05, 0.1) is 16.5 Å². The number of hydrogen-bond acceptors (Lipinski definition) is 6. The van der Waals surface area contributed by atoms with Crippen molar-refractivity contribution in [2.24, 2.45) is 5.92 Å². The molecule has 158 valence electrons. The molecule has 0 saturated carbocycles. The van der Waals surface area contributed by atoms with Gasteiger partial charge in [0.2, 0.25) is 10.0 Å². The Morgan fingerprint density at radius 2 is 1.72 bits per heavy atom. The van der Waals surface area contributed by atoms with Crippen LogP contribution in [0.15, 0.2) is 29.2 Å². The third kappa shape index (κ3) is 5.14. The second kappa shape index (κ2) is 8.93. The van der Waals surface area contributed by atoms with E-state index in [0.29, 0.717) is 13.1 Å². The van der Waals surface area contributed by atoms with Crippen molar-refractivity contribution in [1.29, 1.82) is 5.26 Å². The van der Waals surface area contributed by atoms with Crippen molar-refractivity contribution in [3.05, 3.63) is 29.8 Å². The molecule has 1 aliphatic heterocycles. The van der Waals surface area contributed by atoms with Crippen molar-refractivity contribution in [3.8, 4) is 6.07 Å². The molecule has 1 heterocycles. The standard InChI is InChI=1S/C20H27N3O5S/c1-14(2)20(4,13-21)22-18(24)15(3)28-19(25)16-7-9-17(10-8-16)29(26,27)23-11-5-6-12-23/h7-10,14-15H,5-6,11-12H2,1-4H3,(H,22,24)/t15-,20+/m0/s1. The first-order valence-electron chi connectivity index (χ1n) is 9.55. The lowest BCUT2D eigenvalue weighted by atomic mass is 9.90. The molecule has 0 radical (unpaired) electrons. The average molecular weight is 422 g/mol. The Morgan fingerprint density at radius 3 is 2.21 bits per heavy atom. The molecule has 1 amide bonds. The first kappa shape index (κ1) is 22.8. The molecule has 8 nitrogen and oxygen atoms in total. The number of nitriles is 1. The van der Waals surface area contributed by atoms with E-state index in [-0.39, 0.29) is 16.4 Å². The van der Waals surface area contributed by atoms with Crippen LogP contribution in [0.5, 0.6) is 0 Å². The molecule has 0 bridgehead atoms. The van der Waals surface area contributed by atoms with Crippen LogP contribution in [-0.4, -0.2) is 49.3 Å². The number of rotatable bonds is 7. The number of benzene rings is 1. The molecule has 2 atom stereocenters. The minimum Gasteiger partial charge on any atom is -0.449 e. The van der Waals surface area contributed by atoms with E-state index in [0.717, 1.165) is 12.8 Å². The van der Waals surface area contributed by atoms with Gasteiger partial charge in [0, 0.05) is 13.1 Å². The van der Waals surface area contributed by atoms with Crippen LogP contribution in [-0.2, 0) is 19.6 Å². The monoisotopic (exact) mass is 421 g/mol. The molecule has 0 spiro atoms. The van der Waals surface area contributed by atoms with Crippen LogP contribution >= 0.6 is 0 Å². The Morgan fingerprint density at radius 1 is 1.17 bits per heavy atom. The highest BCUT2D eigenvalue weighted by Crippen LogP contribution is 2.21. The lowest BCUT2D eigenvalue weighted by Crippen LogP contribution is -2.52. The number of esters is 1. The summed E-state index contributed by atoms with van der Waals surface area (Å²) in [7, 11) is -3.56. The fourth-order valence-corrected chi connectivity index (χ4v) is 4.30. The number of nitrogens with one attached hydrogen (secondary N) is 1. The number of amides is 1. The van der Waals surface area contributed by atoms with E-state index in [9.17, 15) is 23.3 Å². The second-order valence-corrected chi connectivity index (χ2v) is 9.58. The minimum atomic E-state index is -3.56. The third-order valence-corrected chi connectivity index (χ3v) is 7.13. The SMILES string of the molecule is CC(C)[C@@](C)(C#N)NC(=O)[C@H](C)OC(=O)c1ccc(S(=O)(=O)N2CCCC2)cc1. The predicted molar refractivity (Wildman–Crippen MR) is 106 cm³/mol. The molecule has 29 heavy (non-hydrogen) atoms.